The molecule has 3 aliphatic rings. The number of ether oxygens (including phenoxy) is 1. The molecule has 14 nitrogen and oxygen atoms in total. The predicted molar refractivity (Wildman–Crippen MR) is 284 cm³/mol. The first-order chi connectivity index (χ1) is 38.0. The Morgan fingerprint density at radius 2 is 1.41 bits per heavy atom. The fourth-order valence-corrected chi connectivity index (χ4v) is 10.4. The summed E-state index contributed by atoms with van der Waals surface area (Å²) >= 11 is 0. The smallest absolute Gasteiger partial charge is 0.391 e. The number of pyridine rings is 1. The van der Waals surface area contributed by atoms with Crippen molar-refractivity contribution in [2.45, 2.75) is 150 Å². The largest absolute Gasteiger partial charge is 0.396 e. The minimum absolute atomic E-state index is 0. The fourth-order valence-electron chi connectivity index (χ4n) is 10.4. The van der Waals surface area contributed by atoms with E-state index in [0.29, 0.717) is 67.5 Å². The Morgan fingerprint density at radius 3 is 1.93 bits per heavy atom. The van der Waals surface area contributed by atoms with Gasteiger partial charge in [0.2, 0.25) is 11.8 Å². The van der Waals surface area contributed by atoms with E-state index in [1.807, 2.05) is 12.1 Å². The van der Waals surface area contributed by atoms with Crippen LogP contribution in [0.4, 0.5) is 49.7 Å². The van der Waals surface area contributed by atoms with Crippen molar-refractivity contribution in [3.05, 3.63) is 101 Å². The summed E-state index contributed by atoms with van der Waals surface area (Å²) < 4.78 is 152. The van der Waals surface area contributed by atoms with Gasteiger partial charge in [0.15, 0.2) is 5.78 Å². The number of carbonyl (C=O) groups excluding carboxylic acids is 4. The molecule has 7 rings (SSSR count). The fraction of sp³-hybridized carbons (Fsp3) is 0.552. The van der Waals surface area contributed by atoms with Crippen LogP contribution in [0.5, 0.6) is 0 Å². The summed E-state index contributed by atoms with van der Waals surface area (Å²) in [5.41, 5.74) is -3.53. The maximum Gasteiger partial charge on any atom is 0.396 e. The van der Waals surface area contributed by atoms with E-state index in [1.54, 1.807) is 30.5 Å². The number of anilines is 1. The number of hydrogen-bond acceptors (Lipinski definition) is 11. The predicted octanol–water partition coefficient (Wildman–Crippen LogP) is 9.78. The van der Waals surface area contributed by atoms with Gasteiger partial charge in [-0.3, -0.25) is 29.5 Å². The molecule has 2 amide bonds. The Labute approximate surface area is 470 Å². The average Bonchev–Trinajstić information content (AvgIpc) is 4.06. The second kappa shape index (κ2) is 26.4. The third kappa shape index (κ3) is 15.0. The molecule has 448 valence electrons. The first kappa shape index (κ1) is 64.7. The molecule has 24 heteroatoms. The lowest BCUT2D eigenvalue weighted by Gasteiger charge is -2.47. The minimum atomic E-state index is -5.09. The standard InChI is InChI=1S/C57H66F10N8O6.CH4/c1-7-41(76)25-43(54(3,4)56(62,63)64)52(80)71-73(29-42-44(58)22-36(23-45(42)59)46-19-20-74(70-46)53(60)61)30-48(78)37(24-47(77)51(69-50(79)8-2)55(5,6)57(65,66)67)21-34-12-9-33(10-13-34)11-14-35-15-18-49(68-26-35)72-27-38-16-17-39(28-72)75(38)40-31-81-32-40;/h9-10,12-13,15,18-20,22-23,26,37-40,43,48,51,53,78H,7-8,16-17,21,24-25,27-32H2,1-6H3,(H,69,79)(H,71,80);1H4/t37-,38?,39?,43-,48+,51-;/m1./s1. The minimum Gasteiger partial charge on any atom is -0.391 e. The van der Waals surface area contributed by atoms with Crippen molar-refractivity contribution in [2.24, 2.45) is 22.7 Å². The molecule has 4 aromatic rings. The zero-order valence-electron chi connectivity index (χ0n) is 45.6. The zero-order chi connectivity index (χ0) is 59.4. The average molecular weight is 1170 g/mol. The van der Waals surface area contributed by atoms with E-state index in [4.69, 9.17) is 9.72 Å². The summed E-state index contributed by atoms with van der Waals surface area (Å²) in [6, 6.07) is 11.7. The van der Waals surface area contributed by atoms with Crippen LogP contribution in [0.15, 0.2) is 67.0 Å². The molecule has 3 N–H and O–H groups in total. The Bertz CT molecular complexity index is 2900. The number of aromatic nitrogens is 3. The molecule has 3 aliphatic heterocycles. The summed E-state index contributed by atoms with van der Waals surface area (Å²) in [4.78, 5) is 63.4. The molecule has 0 saturated carbocycles. The number of piperazine rings is 1. The second-order valence-corrected chi connectivity index (χ2v) is 22.2. The Hall–Kier alpha value is -6.42. The highest BCUT2D eigenvalue weighted by atomic mass is 19.4. The van der Waals surface area contributed by atoms with E-state index in [9.17, 15) is 59.4 Å². The number of benzene rings is 2. The topological polar surface area (TPSA) is 162 Å². The van der Waals surface area contributed by atoms with Crippen LogP contribution in [0.2, 0.25) is 0 Å². The molecule has 3 fully saturated rings. The van der Waals surface area contributed by atoms with Crippen LogP contribution in [-0.4, -0.2) is 129 Å². The first-order valence-electron chi connectivity index (χ1n) is 26.7. The monoisotopic (exact) mass is 1160 g/mol. The lowest BCUT2D eigenvalue weighted by atomic mass is 9.74. The van der Waals surface area contributed by atoms with Gasteiger partial charge in [0.1, 0.15) is 29.3 Å². The quantitative estimate of drug-likeness (QED) is 0.0368. The number of ketones is 2. The van der Waals surface area contributed by atoms with E-state index in [2.05, 4.69) is 37.5 Å². The second-order valence-electron chi connectivity index (χ2n) is 22.2. The van der Waals surface area contributed by atoms with Crippen LogP contribution in [-0.2, 0) is 36.9 Å². The molecule has 0 radical (unpaired) electrons. The van der Waals surface area contributed by atoms with Gasteiger partial charge in [0.25, 0.3) is 0 Å². The van der Waals surface area contributed by atoms with Gasteiger partial charge in [0, 0.05) is 98.6 Å². The summed E-state index contributed by atoms with van der Waals surface area (Å²) in [7, 11) is 0. The third-order valence-electron chi connectivity index (χ3n) is 15.9. The summed E-state index contributed by atoms with van der Waals surface area (Å²) in [5, 5.41) is 18.6. The van der Waals surface area contributed by atoms with Crippen LogP contribution >= 0.6 is 0 Å². The summed E-state index contributed by atoms with van der Waals surface area (Å²) in [5.74, 6) is -3.68. The third-order valence-corrected chi connectivity index (χ3v) is 15.9. The maximum absolute atomic E-state index is 16.1. The van der Waals surface area contributed by atoms with Crippen molar-refractivity contribution in [3.8, 4) is 23.1 Å². The number of Topliss-reactive ketones (excluding diaryl/α,β-unsaturated/α-hetero) is 2. The van der Waals surface area contributed by atoms with Gasteiger partial charge in [0.05, 0.1) is 47.8 Å². The zero-order valence-corrected chi connectivity index (χ0v) is 45.6. The Kier molecular flexibility index (Phi) is 20.9. The van der Waals surface area contributed by atoms with Crippen LogP contribution in [0.25, 0.3) is 11.3 Å². The van der Waals surface area contributed by atoms with Crippen LogP contribution in [0.3, 0.4) is 0 Å². The molecular formula is C58H70F10N8O6. The number of fused-ring (bicyclic) bond motifs is 2. The molecule has 0 aliphatic carbocycles. The van der Waals surface area contributed by atoms with Crippen LogP contribution < -0.4 is 15.6 Å². The molecule has 2 unspecified atom stereocenters. The Morgan fingerprint density at radius 1 is 0.817 bits per heavy atom. The van der Waals surface area contributed by atoms with Crippen molar-refractivity contribution in [1.29, 1.82) is 0 Å². The van der Waals surface area contributed by atoms with Gasteiger partial charge in [-0.1, -0.05) is 59.1 Å². The van der Waals surface area contributed by atoms with Crippen molar-refractivity contribution in [2.75, 3.05) is 37.7 Å². The molecule has 0 spiro atoms. The highest BCUT2D eigenvalue weighted by molar-refractivity contribution is 5.90. The van der Waals surface area contributed by atoms with E-state index in [0.717, 1.165) is 69.4 Å². The van der Waals surface area contributed by atoms with Crippen LogP contribution in [0, 0.1) is 46.1 Å². The van der Waals surface area contributed by atoms with Gasteiger partial charge in [-0.05, 0) is 87.1 Å². The number of amides is 2. The van der Waals surface area contributed by atoms with Crippen molar-refractivity contribution >= 4 is 29.2 Å². The van der Waals surface area contributed by atoms with Gasteiger partial charge in [-0.25, -0.2) is 23.5 Å². The maximum atomic E-state index is 16.1. The lowest BCUT2D eigenvalue weighted by molar-refractivity contribution is -0.230. The number of halogens is 10. The van der Waals surface area contributed by atoms with Gasteiger partial charge in [-0.2, -0.15) is 40.2 Å². The number of nitrogens with zero attached hydrogens (tertiary/aromatic N) is 6. The van der Waals surface area contributed by atoms with Gasteiger partial charge in [-0.15, -0.1) is 0 Å². The highest BCUT2D eigenvalue weighted by Gasteiger charge is 2.57. The number of aliphatic hydroxyl groups excluding tert-OH is 1. The molecule has 5 heterocycles. The molecule has 2 aromatic heterocycles. The molecule has 82 heavy (non-hydrogen) atoms. The number of alkyl halides is 8. The first-order valence-corrected chi connectivity index (χ1v) is 26.7. The number of hydrazine groups is 1. The molecule has 6 atom stereocenters. The Balaban J connectivity index is 0.0000108. The highest BCUT2D eigenvalue weighted by Crippen LogP contribution is 2.46. The molecule has 2 aromatic carbocycles. The van der Waals surface area contributed by atoms with Crippen LogP contribution in [0.1, 0.15) is 116 Å². The lowest BCUT2D eigenvalue weighted by Crippen LogP contribution is -2.62. The molecular weight excluding hydrogens is 1090 g/mol. The van der Waals surface area contributed by atoms with E-state index in [-0.39, 0.29) is 42.6 Å². The number of carbonyl (C=O) groups is 4. The van der Waals surface area contributed by atoms with E-state index >= 15 is 8.78 Å². The molecule has 2 bridgehead atoms. The number of rotatable bonds is 23. The van der Waals surface area contributed by atoms with Gasteiger partial charge < -0.3 is 20.1 Å². The molecule has 3 saturated heterocycles. The van der Waals surface area contributed by atoms with Crippen molar-refractivity contribution in [3.63, 3.8) is 0 Å². The van der Waals surface area contributed by atoms with Gasteiger partial charge >= 0.3 is 18.9 Å². The normalized spacial score (nSPS) is 18.5. The van der Waals surface area contributed by atoms with Crippen molar-refractivity contribution < 1.29 is 72.9 Å². The van der Waals surface area contributed by atoms with Crippen molar-refractivity contribution in [1.82, 2.24) is 35.4 Å². The number of nitrogens with one attached hydrogen (secondary N) is 2. The van der Waals surface area contributed by atoms with E-state index < -0.39 is 120 Å². The summed E-state index contributed by atoms with van der Waals surface area (Å²) in [6.07, 6.45) is -10.1. The number of aliphatic hydroxyl groups is 1. The summed E-state index contributed by atoms with van der Waals surface area (Å²) in [6.45, 7) is 3.57. The SMILES string of the molecule is C.CCC(=O)C[C@H](C(=O)NN(Cc1c(F)cc(-c2ccn(C(F)F)n2)cc1F)C[C@H](O)[C@@H](CC(=O)[C@@H](NC(=O)CC)C(C)(C)C(F)(F)F)Cc1ccc(C#Cc2ccc(N3CC4CCC(C3)N4C3COC3)nc2)cc1)C(C)(C)C(F)(F)F. The number of hydrogen-bond donors (Lipinski definition) is 3. The van der Waals surface area contributed by atoms with E-state index in [1.165, 1.54) is 13.8 Å².